The van der Waals surface area contributed by atoms with Gasteiger partial charge < -0.3 is 5.32 Å². The molecular formula is C16H15F2NO3S. The molecule has 122 valence electrons. The van der Waals surface area contributed by atoms with Crippen molar-refractivity contribution in [3.63, 3.8) is 0 Å². The lowest BCUT2D eigenvalue weighted by molar-refractivity contribution is -0.119. The van der Waals surface area contributed by atoms with Crippen LogP contribution in [0.5, 0.6) is 0 Å². The van der Waals surface area contributed by atoms with Gasteiger partial charge >= 0.3 is 0 Å². The molecule has 2 rings (SSSR count). The van der Waals surface area contributed by atoms with E-state index in [2.05, 4.69) is 5.32 Å². The topological polar surface area (TPSA) is 63.2 Å². The Morgan fingerprint density at radius 2 is 1.83 bits per heavy atom. The molecule has 7 heteroatoms. The lowest BCUT2D eigenvalue weighted by Crippen LogP contribution is -2.27. The highest BCUT2D eigenvalue weighted by Crippen LogP contribution is 2.26. The lowest BCUT2D eigenvalue weighted by Gasteiger charge is -2.20. The summed E-state index contributed by atoms with van der Waals surface area (Å²) in [6.45, 7) is 1.26. The molecule has 0 unspecified atom stereocenters. The van der Waals surface area contributed by atoms with Crippen molar-refractivity contribution < 1.29 is 22.0 Å². The van der Waals surface area contributed by atoms with Crippen LogP contribution in [0.15, 0.2) is 47.4 Å². The zero-order chi connectivity index (χ0) is 17.2. The van der Waals surface area contributed by atoms with Gasteiger partial charge in [0, 0.05) is 24.8 Å². The molecule has 0 aliphatic rings. The molecule has 0 fully saturated rings. The fourth-order valence-electron chi connectivity index (χ4n) is 2.20. The van der Waals surface area contributed by atoms with Gasteiger partial charge in [0.15, 0.2) is 9.84 Å². The first-order valence-corrected chi connectivity index (χ1v) is 8.59. The smallest absolute Gasteiger partial charge is 0.217 e. The van der Waals surface area contributed by atoms with E-state index in [4.69, 9.17) is 0 Å². The highest BCUT2D eigenvalue weighted by Gasteiger charge is 2.21. The van der Waals surface area contributed by atoms with Crippen molar-refractivity contribution in [2.75, 3.05) is 6.26 Å². The fraction of sp³-hybridized carbons (Fsp3) is 0.188. The molecule has 0 aliphatic heterocycles. The molecule has 2 aromatic rings. The zero-order valence-electron chi connectivity index (χ0n) is 12.5. The third-order valence-electron chi connectivity index (χ3n) is 3.24. The van der Waals surface area contributed by atoms with E-state index < -0.39 is 33.4 Å². The van der Waals surface area contributed by atoms with Crippen molar-refractivity contribution in [2.45, 2.75) is 17.9 Å². The molecule has 0 aliphatic carbocycles. The van der Waals surface area contributed by atoms with Crippen LogP contribution < -0.4 is 5.32 Å². The predicted molar refractivity (Wildman–Crippen MR) is 81.6 cm³/mol. The first-order valence-electron chi connectivity index (χ1n) is 6.70. The maximum absolute atomic E-state index is 14.1. The number of carbonyl (C=O) groups is 1. The molecule has 0 saturated carbocycles. The molecule has 1 amide bonds. The lowest BCUT2D eigenvalue weighted by atomic mass is 9.98. The number of benzene rings is 2. The molecule has 4 nitrogen and oxygen atoms in total. The third kappa shape index (κ3) is 4.13. The van der Waals surface area contributed by atoms with Crippen LogP contribution in [0.3, 0.4) is 0 Å². The summed E-state index contributed by atoms with van der Waals surface area (Å²) < 4.78 is 50.5. The molecule has 0 heterocycles. The SMILES string of the molecule is CC(=O)N[C@H](c1cccc(S(C)(=O)=O)c1)c1ccc(F)cc1F. The molecule has 0 bridgehead atoms. The summed E-state index contributed by atoms with van der Waals surface area (Å²) >= 11 is 0. The van der Waals surface area contributed by atoms with Crippen LogP contribution in [-0.4, -0.2) is 20.6 Å². The van der Waals surface area contributed by atoms with Crippen molar-refractivity contribution in [3.8, 4) is 0 Å². The van der Waals surface area contributed by atoms with Crippen molar-refractivity contribution in [1.29, 1.82) is 0 Å². The van der Waals surface area contributed by atoms with Gasteiger partial charge in [-0.1, -0.05) is 18.2 Å². The Morgan fingerprint density at radius 1 is 1.13 bits per heavy atom. The van der Waals surface area contributed by atoms with E-state index in [1.54, 1.807) is 6.07 Å². The zero-order valence-corrected chi connectivity index (χ0v) is 13.3. The molecule has 1 atom stereocenters. The van der Waals surface area contributed by atoms with E-state index in [9.17, 15) is 22.0 Å². The Labute approximate surface area is 133 Å². The van der Waals surface area contributed by atoms with Crippen LogP contribution in [0.4, 0.5) is 8.78 Å². The molecule has 2 aromatic carbocycles. The number of sulfone groups is 1. The van der Waals surface area contributed by atoms with E-state index in [-0.39, 0.29) is 10.5 Å². The van der Waals surface area contributed by atoms with E-state index in [1.165, 1.54) is 31.2 Å². The van der Waals surface area contributed by atoms with E-state index in [0.29, 0.717) is 11.6 Å². The monoisotopic (exact) mass is 339 g/mol. The summed E-state index contributed by atoms with van der Waals surface area (Å²) in [5.74, 6) is -1.99. The molecular weight excluding hydrogens is 324 g/mol. The van der Waals surface area contributed by atoms with Gasteiger partial charge in [-0.25, -0.2) is 17.2 Å². The van der Waals surface area contributed by atoms with Crippen molar-refractivity contribution in [1.82, 2.24) is 5.32 Å². The Kier molecular flexibility index (Phi) is 4.79. The number of carbonyl (C=O) groups excluding carboxylic acids is 1. The Bertz CT molecular complexity index is 850. The summed E-state index contributed by atoms with van der Waals surface area (Å²) in [4.78, 5) is 11.5. The standard InChI is InChI=1S/C16H15F2NO3S/c1-10(20)19-16(14-7-6-12(17)9-15(14)18)11-4-3-5-13(8-11)23(2,21)22/h3-9,16H,1-2H3,(H,19,20)/t16-/m1/s1. The molecule has 0 spiro atoms. The number of rotatable bonds is 4. The fourth-order valence-corrected chi connectivity index (χ4v) is 2.88. The third-order valence-corrected chi connectivity index (χ3v) is 4.35. The number of hydrogen-bond acceptors (Lipinski definition) is 3. The number of halogens is 2. The predicted octanol–water partition coefficient (Wildman–Crippen LogP) is 2.59. The van der Waals surface area contributed by atoms with Crippen LogP contribution in [0.25, 0.3) is 0 Å². The first-order chi connectivity index (χ1) is 10.7. The average Bonchev–Trinajstić information content (AvgIpc) is 2.44. The Balaban J connectivity index is 2.57. The Morgan fingerprint density at radius 3 is 2.39 bits per heavy atom. The normalized spacial score (nSPS) is 12.7. The van der Waals surface area contributed by atoms with Crippen LogP contribution in [0.1, 0.15) is 24.1 Å². The largest absolute Gasteiger partial charge is 0.345 e. The van der Waals surface area contributed by atoms with Crippen LogP contribution >= 0.6 is 0 Å². The van der Waals surface area contributed by atoms with Gasteiger partial charge in [-0.15, -0.1) is 0 Å². The Hall–Kier alpha value is -2.28. The second-order valence-electron chi connectivity index (χ2n) is 5.14. The van der Waals surface area contributed by atoms with Gasteiger partial charge in [0.1, 0.15) is 11.6 Å². The minimum Gasteiger partial charge on any atom is -0.345 e. The van der Waals surface area contributed by atoms with Gasteiger partial charge in [0.05, 0.1) is 10.9 Å². The number of amides is 1. The van der Waals surface area contributed by atoms with Crippen LogP contribution in [0.2, 0.25) is 0 Å². The first kappa shape index (κ1) is 17.1. The summed E-state index contributed by atoms with van der Waals surface area (Å²) in [6.07, 6.45) is 1.05. The molecule has 0 aromatic heterocycles. The maximum atomic E-state index is 14.1. The van der Waals surface area contributed by atoms with Gasteiger partial charge in [-0.3, -0.25) is 4.79 Å². The highest BCUT2D eigenvalue weighted by molar-refractivity contribution is 7.90. The maximum Gasteiger partial charge on any atom is 0.217 e. The molecule has 0 radical (unpaired) electrons. The van der Waals surface area contributed by atoms with Crippen molar-refractivity contribution in [3.05, 3.63) is 65.2 Å². The van der Waals surface area contributed by atoms with E-state index in [0.717, 1.165) is 12.3 Å². The summed E-state index contributed by atoms with van der Waals surface area (Å²) in [7, 11) is -3.45. The average molecular weight is 339 g/mol. The molecule has 23 heavy (non-hydrogen) atoms. The second-order valence-corrected chi connectivity index (χ2v) is 7.16. The van der Waals surface area contributed by atoms with Crippen molar-refractivity contribution >= 4 is 15.7 Å². The van der Waals surface area contributed by atoms with Gasteiger partial charge in [-0.2, -0.15) is 0 Å². The van der Waals surface area contributed by atoms with Crippen molar-refractivity contribution in [2.24, 2.45) is 0 Å². The van der Waals surface area contributed by atoms with Gasteiger partial charge in [0.2, 0.25) is 5.91 Å². The molecule has 1 N–H and O–H groups in total. The van der Waals surface area contributed by atoms with Crippen LogP contribution in [0, 0.1) is 11.6 Å². The minimum absolute atomic E-state index is 0.0484. The van der Waals surface area contributed by atoms with E-state index >= 15 is 0 Å². The highest BCUT2D eigenvalue weighted by atomic mass is 32.2. The van der Waals surface area contributed by atoms with Gasteiger partial charge in [0.25, 0.3) is 0 Å². The number of hydrogen-bond donors (Lipinski definition) is 1. The quantitative estimate of drug-likeness (QED) is 0.931. The summed E-state index contributed by atoms with van der Waals surface area (Å²) in [5, 5.41) is 2.56. The minimum atomic E-state index is -3.45. The molecule has 0 saturated heterocycles. The van der Waals surface area contributed by atoms with E-state index in [1.807, 2.05) is 0 Å². The summed E-state index contributed by atoms with van der Waals surface area (Å²) in [5.41, 5.74) is 0.431. The van der Waals surface area contributed by atoms with Crippen LogP contribution in [-0.2, 0) is 14.6 Å². The van der Waals surface area contributed by atoms with Gasteiger partial charge in [-0.05, 0) is 23.8 Å². The summed E-state index contributed by atoms with van der Waals surface area (Å²) in [6, 6.07) is 7.93. The second kappa shape index (κ2) is 6.45. The number of nitrogens with one attached hydrogen (secondary N) is 1.